The third kappa shape index (κ3) is 9.41. The summed E-state index contributed by atoms with van der Waals surface area (Å²) in [5.41, 5.74) is 8.11. The van der Waals surface area contributed by atoms with E-state index in [1.165, 1.54) is 18.4 Å². The fourth-order valence-corrected chi connectivity index (χ4v) is 6.82. The number of fused-ring (bicyclic) bond motifs is 1. The lowest BCUT2D eigenvalue weighted by molar-refractivity contribution is -0.112. The number of rotatable bonds is 10. The van der Waals surface area contributed by atoms with Crippen LogP contribution in [0.5, 0.6) is 5.75 Å². The van der Waals surface area contributed by atoms with Crippen LogP contribution < -0.4 is 15.0 Å². The molecular weight excluding hydrogens is 626 g/mol. The monoisotopic (exact) mass is 677 g/mol. The molecule has 3 aliphatic heterocycles. The number of para-hydroxylation sites is 1. The molecule has 3 aromatic carbocycles. The van der Waals surface area contributed by atoms with Gasteiger partial charge < -0.3 is 24.4 Å². The molecule has 50 heavy (non-hydrogen) atoms. The van der Waals surface area contributed by atoms with Crippen LogP contribution >= 0.6 is 0 Å². The normalized spacial score (nSPS) is 16.2. The van der Waals surface area contributed by atoms with Gasteiger partial charge in [0, 0.05) is 93.4 Å². The van der Waals surface area contributed by atoms with Crippen molar-refractivity contribution < 1.29 is 19.0 Å². The van der Waals surface area contributed by atoms with E-state index < -0.39 is 0 Å². The lowest BCUT2D eigenvalue weighted by atomic mass is 9.99. The van der Waals surface area contributed by atoms with Gasteiger partial charge >= 0.3 is 0 Å². The molecule has 7 rings (SSSR count). The van der Waals surface area contributed by atoms with Gasteiger partial charge in [0.25, 0.3) is 5.91 Å². The minimum Gasteiger partial charge on any atom is -0.493 e. The second-order valence-corrected chi connectivity index (χ2v) is 13.3. The maximum atomic E-state index is 13.7. The topological polar surface area (TPSA) is 81.1 Å². The third-order valence-electron chi connectivity index (χ3n) is 9.56. The predicted octanol–water partition coefficient (Wildman–Crippen LogP) is 7.33. The van der Waals surface area contributed by atoms with E-state index in [2.05, 4.69) is 69.7 Å². The molecule has 9 heteroatoms. The number of benzene rings is 3. The summed E-state index contributed by atoms with van der Waals surface area (Å²) in [6.07, 6.45) is 11.3. The van der Waals surface area contributed by atoms with Crippen LogP contribution in [-0.2, 0) is 34.4 Å². The van der Waals surface area contributed by atoms with Gasteiger partial charge in [0.2, 0.25) is 0 Å². The summed E-state index contributed by atoms with van der Waals surface area (Å²) in [6, 6.07) is 23.4. The maximum Gasteiger partial charge on any atom is 0.251 e. The van der Waals surface area contributed by atoms with Crippen molar-refractivity contribution in [2.45, 2.75) is 58.2 Å². The van der Waals surface area contributed by atoms with Gasteiger partial charge in [-0.25, -0.2) is 0 Å². The molecule has 9 nitrogen and oxygen atoms in total. The van der Waals surface area contributed by atoms with Crippen molar-refractivity contribution in [2.75, 3.05) is 56.8 Å². The molecule has 1 N–H and O–H groups in total. The first-order valence-electron chi connectivity index (χ1n) is 18.0. The highest BCUT2D eigenvalue weighted by molar-refractivity contribution is 6.07. The molecule has 2 fully saturated rings. The van der Waals surface area contributed by atoms with Crippen LogP contribution in [0.1, 0.15) is 55.7 Å². The molecule has 2 saturated heterocycles. The summed E-state index contributed by atoms with van der Waals surface area (Å²) >= 11 is 0. The molecule has 264 valence electrons. The number of hydrogen-bond acceptors (Lipinski definition) is 7. The first kappa shape index (κ1) is 35.4. The lowest BCUT2D eigenvalue weighted by Gasteiger charge is -2.31. The summed E-state index contributed by atoms with van der Waals surface area (Å²) in [5.74, 6) is 0.779. The summed E-state index contributed by atoms with van der Waals surface area (Å²) in [5, 5.41) is 7.53. The van der Waals surface area contributed by atoms with Crippen LogP contribution in [-0.4, -0.2) is 73.3 Å². The van der Waals surface area contributed by atoms with Gasteiger partial charge in [0.1, 0.15) is 5.75 Å². The van der Waals surface area contributed by atoms with Crippen molar-refractivity contribution in [3.63, 3.8) is 0 Å². The number of ether oxygens (including phenoxy) is 3. The van der Waals surface area contributed by atoms with Gasteiger partial charge in [-0.15, -0.1) is 0 Å². The summed E-state index contributed by atoms with van der Waals surface area (Å²) in [6.45, 7) is 8.57. The number of aryl methyl sites for hydroxylation is 1. The van der Waals surface area contributed by atoms with E-state index in [1.807, 2.05) is 61.4 Å². The predicted molar refractivity (Wildman–Crippen MR) is 200 cm³/mol. The fraction of sp³-hybridized carbons (Fsp3) is 0.415. The number of aromatic nitrogens is 2. The molecule has 0 unspecified atom stereocenters. The molecule has 3 aliphatic rings. The van der Waals surface area contributed by atoms with E-state index >= 15 is 0 Å². The molecule has 4 heterocycles. The number of hydrogen-bond donors (Lipinski definition) is 1. The molecule has 0 aliphatic carbocycles. The van der Waals surface area contributed by atoms with Gasteiger partial charge in [-0.2, -0.15) is 5.10 Å². The zero-order chi connectivity index (χ0) is 34.7. The number of carbonyl (C=O) groups excluding carboxylic acids is 1. The molecular formula is C41H51N5O4. The Morgan fingerprint density at radius 3 is 2.44 bits per heavy atom. The largest absolute Gasteiger partial charge is 0.493 e. The van der Waals surface area contributed by atoms with E-state index in [0.717, 1.165) is 90.8 Å². The smallest absolute Gasteiger partial charge is 0.251 e. The molecule has 0 bridgehead atoms. The van der Waals surface area contributed by atoms with Crippen LogP contribution in [0.3, 0.4) is 0 Å². The van der Waals surface area contributed by atoms with E-state index in [9.17, 15) is 4.79 Å². The fourth-order valence-electron chi connectivity index (χ4n) is 6.82. The number of amides is 1. The highest BCUT2D eigenvalue weighted by Gasteiger charge is 2.22. The van der Waals surface area contributed by atoms with Crippen molar-refractivity contribution >= 4 is 23.4 Å². The Morgan fingerprint density at radius 2 is 1.74 bits per heavy atom. The number of nitrogens with zero attached hydrogens (tertiary/aromatic N) is 4. The number of anilines is 2. The van der Waals surface area contributed by atoms with E-state index in [0.29, 0.717) is 32.2 Å². The van der Waals surface area contributed by atoms with Crippen LogP contribution in [0.25, 0.3) is 17.2 Å². The van der Waals surface area contributed by atoms with E-state index in [1.54, 1.807) is 0 Å². The first-order chi connectivity index (χ1) is 24.5. The van der Waals surface area contributed by atoms with Gasteiger partial charge in [-0.1, -0.05) is 36.4 Å². The van der Waals surface area contributed by atoms with Crippen molar-refractivity contribution in [2.24, 2.45) is 7.05 Å². The zero-order valence-corrected chi connectivity index (χ0v) is 29.8. The Balaban J connectivity index is 0.000000794. The number of nitrogens with one attached hydrogen (secondary N) is 1. The Bertz CT molecular complexity index is 1720. The van der Waals surface area contributed by atoms with Crippen molar-refractivity contribution in [3.05, 3.63) is 101 Å². The van der Waals surface area contributed by atoms with Crippen molar-refractivity contribution in [1.82, 2.24) is 14.7 Å². The Kier molecular flexibility index (Phi) is 12.4. The molecule has 0 spiro atoms. The second-order valence-electron chi connectivity index (χ2n) is 13.3. The zero-order valence-electron chi connectivity index (χ0n) is 29.8. The van der Waals surface area contributed by atoms with Gasteiger partial charge in [-0.3, -0.25) is 14.4 Å². The highest BCUT2D eigenvalue weighted by atomic mass is 16.5. The Morgan fingerprint density at radius 1 is 0.980 bits per heavy atom. The average Bonchev–Trinajstić information content (AvgIpc) is 3.83. The van der Waals surface area contributed by atoms with E-state index in [-0.39, 0.29) is 5.91 Å². The van der Waals surface area contributed by atoms with Gasteiger partial charge in [0.05, 0.1) is 12.8 Å². The summed E-state index contributed by atoms with van der Waals surface area (Å²) < 4.78 is 18.2. The Labute approximate surface area is 296 Å². The lowest BCUT2D eigenvalue weighted by Crippen LogP contribution is -2.36. The summed E-state index contributed by atoms with van der Waals surface area (Å²) in [7, 11) is 4.11. The van der Waals surface area contributed by atoms with Crippen LogP contribution in [0.4, 0.5) is 11.4 Å². The SMILES string of the molecule is C1CCOC1.CCOc1ccccc1-c1ccc2c(c1)C=C(C(=O)Nc1ccc(CN(C)C3CCOCC3)cc1)CCN2Cc1cnn(C)c1. The minimum absolute atomic E-state index is 0.0728. The highest BCUT2D eigenvalue weighted by Crippen LogP contribution is 2.36. The Hall–Kier alpha value is -4.44. The first-order valence-corrected chi connectivity index (χ1v) is 18.0. The number of carbonyl (C=O) groups is 1. The van der Waals surface area contributed by atoms with Gasteiger partial charge in [-0.05, 0) is 99.2 Å². The molecule has 1 aromatic heterocycles. The quantitative estimate of drug-likeness (QED) is 0.188. The van der Waals surface area contributed by atoms with Gasteiger partial charge in [0.15, 0.2) is 0 Å². The maximum absolute atomic E-state index is 13.7. The van der Waals surface area contributed by atoms with Crippen LogP contribution in [0.15, 0.2) is 84.7 Å². The summed E-state index contributed by atoms with van der Waals surface area (Å²) in [4.78, 5) is 18.5. The average molecular weight is 678 g/mol. The third-order valence-corrected chi connectivity index (χ3v) is 9.56. The molecule has 0 radical (unpaired) electrons. The molecule has 1 amide bonds. The van der Waals surface area contributed by atoms with Crippen molar-refractivity contribution in [3.8, 4) is 16.9 Å². The van der Waals surface area contributed by atoms with Crippen LogP contribution in [0, 0.1) is 0 Å². The second kappa shape index (κ2) is 17.5. The minimum atomic E-state index is -0.0728. The molecule has 4 aromatic rings. The van der Waals surface area contributed by atoms with Crippen LogP contribution in [0.2, 0.25) is 0 Å². The molecule has 0 saturated carbocycles. The molecule has 0 atom stereocenters. The standard InChI is InChI=1S/C37H43N5O3.C4H8O/c1-4-45-36-8-6-5-7-34(36)29-11-14-35-31(21-29)22-30(15-18-42(35)26-28-23-38-41(3)25-28)37(43)39-32-12-9-27(10-13-32)24-40(2)33-16-19-44-20-17-33;1-2-4-5-3-1/h5-14,21-23,25,33H,4,15-20,24,26H2,1-3H3,(H,39,43);1-4H2. The van der Waals surface area contributed by atoms with E-state index in [4.69, 9.17) is 14.2 Å². The van der Waals surface area contributed by atoms with Crippen molar-refractivity contribution in [1.29, 1.82) is 0 Å².